The number of hydrogen-bond donors (Lipinski definition) is 1. The third-order valence-corrected chi connectivity index (χ3v) is 2.91. The van der Waals surface area contributed by atoms with Crippen molar-refractivity contribution in [3.8, 4) is 0 Å². The SMILES string of the molecule is CCCCC(N)CN(C)c1ccc(C)cc1. The number of nitrogens with zero attached hydrogens (tertiary/aromatic N) is 1. The molecule has 0 saturated carbocycles. The molecule has 0 saturated heterocycles. The van der Waals surface area contributed by atoms with Crippen LogP contribution in [0.3, 0.4) is 0 Å². The van der Waals surface area contributed by atoms with Gasteiger partial charge in [-0.2, -0.15) is 0 Å². The molecule has 0 aliphatic rings. The first kappa shape index (κ1) is 13.0. The highest BCUT2D eigenvalue weighted by atomic mass is 15.1. The zero-order valence-corrected chi connectivity index (χ0v) is 10.7. The molecule has 0 amide bonds. The fourth-order valence-corrected chi connectivity index (χ4v) is 1.81. The molecule has 0 fully saturated rings. The van der Waals surface area contributed by atoms with Crippen LogP contribution >= 0.6 is 0 Å². The summed E-state index contributed by atoms with van der Waals surface area (Å²) in [5, 5.41) is 0. The minimum atomic E-state index is 0.284. The highest BCUT2D eigenvalue weighted by molar-refractivity contribution is 5.46. The van der Waals surface area contributed by atoms with Crippen molar-refractivity contribution >= 4 is 5.69 Å². The van der Waals surface area contributed by atoms with Crippen molar-refractivity contribution in [2.45, 2.75) is 39.2 Å². The molecule has 0 spiro atoms. The van der Waals surface area contributed by atoms with Crippen LogP contribution in [0.5, 0.6) is 0 Å². The van der Waals surface area contributed by atoms with Crippen molar-refractivity contribution in [3.63, 3.8) is 0 Å². The topological polar surface area (TPSA) is 29.3 Å². The maximum atomic E-state index is 6.09. The van der Waals surface area contributed by atoms with Gasteiger partial charge in [-0.25, -0.2) is 0 Å². The van der Waals surface area contributed by atoms with Gasteiger partial charge in [0.1, 0.15) is 0 Å². The van der Waals surface area contributed by atoms with Gasteiger partial charge in [0.25, 0.3) is 0 Å². The molecule has 90 valence electrons. The van der Waals surface area contributed by atoms with Crippen LogP contribution in [0, 0.1) is 6.92 Å². The monoisotopic (exact) mass is 220 g/mol. The van der Waals surface area contributed by atoms with E-state index in [-0.39, 0.29) is 6.04 Å². The summed E-state index contributed by atoms with van der Waals surface area (Å²) < 4.78 is 0. The maximum absolute atomic E-state index is 6.09. The average molecular weight is 220 g/mol. The van der Waals surface area contributed by atoms with Crippen LogP contribution in [-0.4, -0.2) is 19.6 Å². The van der Waals surface area contributed by atoms with E-state index in [9.17, 15) is 0 Å². The van der Waals surface area contributed by atoms with Gasteiger partial charge in [0.2, 0.25) is 0 Å². The quantitative estimate of drug-likeness (QED) is 0.798. The number of unbranched alkanes of at least 4 members (excludes halogenated alkanes) is 1. The largest absolute Gasteiger partial charge is 0.373 e. The molecule has 2 N–H and O–H groups in total. The second-order valence-electron chi connectivity index (χ2n) is 4.62. The van der Waals surface area contributed by atoms with Crippen molar-refractivity contribution in [3.05, 3.63) is 29.8 Å². The van der Waals surface area contributed by atoms with E-state index < -0.39 is 0 Å². The molecule has 1 rings (SSSR count). The summed E-state index contributed by atoms with van der Waals surface area (Å²) in [5.41, 5.74) is 8.63. The van der Waals surface area contributed by atoms with Gasteiger partial charge >= 0.3 is 0 Å². The molecule has 0 aliphatic carbocycles. The zero-order chi connectivity index (χ0) is 12.0. The van der Waals surface area contributed by atoms with E-state index in [0.717, 1.165) is 13.0 Å². The molecule has 0 aromatic heterocycles. The Kier molecular flexibility index (Phi) is 5.33. The molecular formula is C14H24N2. The molecule has 0 radical (unpaired) electrons. The zero-order valence-electron chi connectivity index (χ0n) is 10.7. The van der Waals surface area contributed by atoms with Crippen molar-refractivity contribution in [2.24, 2.45) is 5.73 Å². The van der Waals surface area contributed by atoms with Crippen LogP contribution in [0.4, 0.5) is 5.69 Å². The number of aryl methyl sites for hydroxylation is 1. The molecule has 0 heterocycles. The van der Waals surface area contributed by atoms with Crippen LogP contribution in [0.15, 0.2) is 24.3 Å². The van der Waals surface area contributed by atoms with Gasteiger partial charge in [-0.15, -0.1) is 0 Å². The Hall–Kier alpha value is -1.02. The first-order valence-electron chi connectivity index (χ1n) is 6.17. The summed E-state index contributed by atoms with van der Waals surface area (Å²) in [6, 6.07) is 8.88. The van der Waals surface area contributed by atoms with Crippen molar-refractivity contribution in [2.75, 3.05) is 18.5 Å². The van der Waals surface area contributed by atoms with Crippen molar-refractivity contribution < 1.29 is 0 Å². The summed E-state index contributed by atoms with van der Waals surface area (Å²) in [7, 11) is 2.11. The Morgan fingerprint density at radius 3 is 2.44 bits per heavy atom. The molecule has 1 unspecified atom stereocenters. The van der Waals surface area contributed by atoms with Crippen molar-refractivity contribution in [1.82, 2.24) is 0 Å². The normalized spacial score (nSPS) is 12.5. The van der Waals surface area contributed by atoms with Gasteiger partial charge in [-0.05, 0) is 25.5 Å². The lowest BCUT2D eigenvalue weighted by Crippen LogP contribution is -2.35. The van der Waals surface area contributed by atoms with Gasteiger partial charge in [-0.1, -0.05) is 37.5 Å². The van der Waals surface area contributed by atoms with Crippen molar-refractivity contribution in [1.29, 1.82) is 0 Å². The molecule has 0 aliphatic heterocycles. The van der Waals surface area contributed by atoms with Crippen LogP contribution in [-0.2, 0) is 0 Å². The lowest BCUT2D eigenvalue weighted by molar-refractivity contribution is 0.573. The Morgan fingerprint density at radius 2 is 1.88 bits per heavy atom. The number of nitrogens with two attached hydrogens (primary N) is 1. The fraction of sp³-hybridized carbons (Fsp3) is 0.571. The second kappa shape index (κ2) is 6.54. The van der Waals surface area contributed by atoms with Gasteiger partial charge in [0.15, 0.2) is 0 Å². The standard InChI is InChI=1S/C14H24N2/c1-4-5-6-13(15)11-16(3)14-9-7-12(2)8-10-14/h7-10,13H,4-6,11,15H2,1-3H3. The highest BCUT2D eigenvalue weighted by Gasteiger charge is 2.06. The predicted molar refractivity (Wildman–Crippen MR) is 71.9 cm³/mol. The molecule has 0 bridgehead atoms. The van der Waals surface area contributed by atoms with E-state index in [1.807, 2.05) is 0 Å². The van der Waals surface area contributed by atoms with Gasteiger partial charge in [0, 0.05) is 25.3 Å². The van der Waals surface area contributed by atoms with Crippen LogP contribution < -0.4 is 10.6 Å². The summed E-state index contributed by atoms with van der Waals surface area (Å²) in [5.74, 6) is 0. The molecule has 1 aromatic rings. The minimum Gasteiger partial charge on any atom is -0.373 e. The molecular weight excluding hydrogens is 196 g/mol. The van der Waals surface area contributed by atoms with Gasteiger partial charge in [-0.3, -0.25) is 0 Å². The van der Waals surface area contributed by atoms with E-state index in [1.54, 1.807) is 0 Å². The number of rotatable bonds is 6. The lowest BCUT2D eigenvalue weighted by atomic mass is 10.1. The molecule has 1 atom stereocenters. The third kappa shape index (κ3) is 4.23. The summed E-state index contributed by atoms with van der Waals surface area (Å²) >= 11 is 0. The Balaban J connectivity index is 2.45. The van der Waals surface area contributed by atoms with E-state index >= 15 is 0 Å². The average Bonchev–Trinajstić information content (AvgIpc) is 2.27. The van der Waals surface area contributed by atoms with E-state index in [2.05, 4.69) is 50.1 Å². The number of hydrogen-bond acceptors (Lipinski definition) is 2. The number of benzene rings is 1. The summed E-state index contributed by atoms with van der Waals surface area (Å²) in [6.07, 6.45) is 3.57. The first-order valence-corrected chi connectivity index (χ1v) is 6.17. The lowest BCUT2D eigenvalue weighted by Gasteiger charge is -2.23. The van der Waals surface area contributed by atoms with Crippen LogP contribution in [0.1, 0.15) is 31.7 Å². The van der Waals surface area contributed by atoms with Gasteiger partial charge in [0.05, 0.1) is 0 Å². The molecule has 1 aromatic carbocycles. The summed E-state index contributed by atoms with van der Waals surface area (Å²) in [4.78, 5) is 2.24. The molecule has 16 heavy (non-hydrogen) atoms. The van der Waals surface area contributed by atoms with E-state index in [4.69, 9.17) is 5.73 Å². The molecule has 2 heteroatoms. The minimum absolute atomic E-state index is 0.284. The predicted octanol–water partition coefficient (Wildman–Crippen LogP) is 2.95. The Bertz CT molecular complexity index is 292. The molecule has 2 nitrogen and oxygen atoms in total. The highest BCUT2D eigenvalue weighted by Crippen LogP contribution is 2.14. The van der Waals surface area contributed by atoms with E-state index in [1.165, 1.54) is 24.1 Å². The second-order valence-corrected chi connectivity index (χ2v) is 4.62. The summed E-state index contributed by atoms with van der Waals surface area (Å²) in [6.45, 7) is 5.25. The smallest absolute Gasteiger partial charge is 0.0364 e. The van der Waals surface area contributed by atoms with Gasteiger partial charge < -0.3 is 10.6 Å². The first-order chi connectivity index (χ1) is 7.63. The third-order valence-electron chi connectivity index (χ3n) is 2.91. The maximum Gasteiger partial charge on any atom is 0.0364 e. The number of likely N-dealkylation sites (N-methyl/N-ethyl adjacent to an activating group) is 1. The number of anilines is 1. The van der Waals surface area contributed by atoms with Crippen LogP contribution in [0.25, 0.3) is 0 Å². The van der Waals surface area contributed by atoms with E-state index in [0.29, 0.717) is 0 Å². The Labute approximate surface area is 99.5 Å². The fourth-order valence-electron chi connectivity index (χ4n) is 1.81. The van der Waals surface area contributed by atoms with Crippen LogP contribution in [0.2, 0.25) is 0 Å². The Morgan fingerprint density at radius 1 is 1.25 bits per heavy atom.